The van der Waals surface area contributed by atoms with Crippen molar-refractivity contribution in [2.24, 2.45) is 0 Å². The van der Waals surface area contributed by atoms with Gasteiger partial charge in [0.2, 0.25) is 0 Å². The van der Waals surface area contributed by atoms with Crippen LogP contribution in [-0.4, -0.2) is 34.8 Å². The van der Waals surface area contributed by atoms with Crippen LogP contribution in [0, 0.1) is 11.6 Å². The number of nitrogens with zero attached hydrogens (tertiary/aromatic N) is 2. The number of amides is 2. The Hall–Kier alpha value is -2.83. The molecule has 0 radical (unpaired) electrons. The molecule has 0 aliphatic heterocycles. The Morgan fingerprint density at radius 2 is 1.83 bits per heavy atom. The molecule has 7 heteroatoms. The van der Waals surface area contributed by atoms with Gasteiger partial charge in [-0.2, -0.15) is 0 Å². The van der Waals surface area contributed by atoms with Gasteiger partial charge in [0.1, 0.15) is 17.3 Å². The number of hydrogen-bond donors (Lipinski definition) is 1. The second-order valence-electron chi connectivity index (χ2n) is 4.99. The van der Waals surface area contributed by atoms with Crippen molar-refractivity contribution in [3.05, 3.63) is 59.4 Å². The first-order chi connectivity index (χ1) is 11.5. The molecule has 1 N–H and O–H groups in total. The summed E-state index contributed by atoms with van der Waals surface area (Å²) in [6, 6.07) is 5.68. The molecule has 1 aromatic heterocycles. The molecule has 0 bridgehead atoms. The van der Waals surface area contributed by atoms with Crippen molar-refractivity contribution in [1.82, 2.24) is 9.88 Å². The van der Waals surface area contributed by atoms with Crippen molar-refractivity contribution in [3.8, 4) is 0 Å². The molecule has 2 rings (SSSR count). The molecule has 24 heavy (non-hydrogen) atoms. The number of aromatic nitrogens is 1. The van der Waals surface area contributed by atoms with E-state index in [1.807, 2.05) is 13.8 Å². The highest BCUT2D eigenvalue weighted by Gasteiger charge is 2.16. The summed E-state index contributed by atoms with van der Waals surface area (Å²) >= 11 is 0. The van der Waals surface area contributed by atoms with Gasteiger partial charge in [-0.25, -0.2) is 8.78 Å². The predicted octanol–water partition coefficient (Wildman–Crippen LogP) is 3.09. The number of benzene rings is 1. The van der Waals surface area contributed by atoms with E-state index in [0.717, 1.165) is 12.1 Å². The topological polar surface area (TPSA) is 62.3 Å². The first-order valence-corrected chi connectivity index (χ1v) is 7.48. The van der Waals surface area contributed by atoms with Crippen LogP contribution in [0.5, 0.6) is 0 Å². The fraction of sp³-hybridized carbons (Fsp3) is 0.235. The lowest BCUT2D eigenvalue weighted by atomic mass is 10.2. The molecule has 0 fully saturated rings. The number of carbonyl (C=O) groups is 2. The molecule has 5 nitrogen and oxygen atoms in total. The fourth-order valence-corrected chi connectivity index (χ4v) is 2.16. The zero-order valence-electron chi connectivity index (χ0n) is 13.3. The Labute approximate surface area is 138 Å². The van der Waals surface area contributed by atoms with E-state index in [-0.39, 0.29) is 17.3 Å². The standard InChI is InChI=1S/C17H17F2N3O2/c1-3-22(4-2)17(24)11-7-8-20-15(9-11)16(23)21-14-6-5-12(18)10-13(14)19/h5-10H,3-4H2,1-2H3,(H,21,23). The Balaban J connectivity index is 2.21. The highest BCUT2D eigenvalue weighted by atomic mass is 19.1. The van der Waals surface area contributed by atoms with Gasteiger partial charge >= 0.3 is 0 Å². The van der Waals surface area contributed by atoms with Gasteiger partial charge in [-0.05, 0) is 38.1 Å². The zero-order valence-corrected chi connectivity index (χ0v) is 13.3. The largest absolute Gasteiger partial charge is 0.339 e. The molecule has 0 saturated carbocycles. The Morgan fingerprint density at radius 3 is 2.46 bits per heavy atom. The van der Waals surface area contributed by atoms with E-state index in [9.17, 15) is 18.4 Å². The number of rotatable bonds is 5. The molecule has 2 amide bonds. The first kappa shape index (κ1) is 17.5. The number of halogens is 2. The molecule has 0 aliphatic rings. The maximum absolute atomic E-state index is 13.6. The number of hydrogen-bond acceptors (Lipinski definition) is 3. The second kappa shape index (κ2) is 7.63. The molecular formula is C17H17F2N3O2. The quantitative estimate of drug-likeness (QED) is 0.914. The van der Waals surface area contributed by atoms with Gasteiger partial charge < -0.3 is 10.2 Å². The van der Waals surface area contributed by atoms with Crippen LogP contribution in [0.4, 0.5) is 14.5 Å². The first-order valence-electron chi connectivity index (χ1n) is 7.48. The fourth-order valence-electron chi connectivity index (χ4n) is 2.16. The maximum atomic E-state index is 13.6. The normalized spacial score (nSPS) is 10.3. The van der Waals surface area contributed by atoms with E-state index in [1.54, 1.807) is 4.90 Å². The van der Waals surface area contributed by atoms with Crippen molar-refractivity contribution < 1.29 is 18.4 Å². The van der Waals surface area contributed by atoms with Crippen LogP contribution < -0.4 is 5.32 Å². The third-order valence-corrected chi connectivity index (χ3v) is 3.47. The number of anilines is 1. The molecular weight excluding hydrogens is 316 g/mol. The number of carbonyl (C=O) groups excluding carboxylic acids is 2. The van der Waals surface area contributed by atoms with Gasteiger partial charge in [0, 0.05) is 30.9 Å². The van der Waals surface area contributed by atoms with Crippen LogP contribution in [0.1, 0.15) is 34.7 Å². The molecule has 0 unspecified atom stereocenters. The van der Waals surface area contributed by atoms with E-state index >= 15 is 0 Å². The van der Waals surface area contributed by atoms with Crippen LogP contribution in [0.2, 0.25) is 0 Å². The minimum absolute atomic E-state index is 0.0308. The van der Waals surface area contributed by atoms with Crippen molar-refractivity contribution >= 4 is 17.5 Å². The average molecular weight is 333 g/mol. The smallest absolute Gasteiger partial charge is 0.274 e. The van der Waals surface area contributed by atoms with E-state index in [4.69, 9.17) is 0 Å². The van der Waals surface area contributed by atoms with Gasteiger partial charge in [0.05, 0.1) is 5.69 Å². The number of nitrogens with one attached hydrogen (secondary N) is 1. The van der Waals surface area contributed by atoms with Crippen LogP contribution >= 0.6 is 0 Å². The lowest BCUT2D eigenvalue weighted by Gasteiger charge is -2.18. The molecule has 0 aliphatic carbocycles. The lowest BCUT2D eigenvalue weighted by molar-refractivity contribution is 0.0773. The van der Waals surface area contributed by atoms with E-state index < -0.39 is 17.5 Å². The summed E-state index contributed by atoms with van der Waals surface area (Å²) in [4.78, 5) is 30.0. The Bertz CT molecular complexity index is 761. The van der Waals surface area contributed by atoms with Gasteiger partial charge in [0.15, 0.2) is 0 Å². The lowest BCUT2D eigenvalue weighted by Crippen LogP contribution is -2.30. The zero-order chi connectivity index (χ0) is 17.7. The molecule has 0 spiro atoms. The van der Waals surface area contributed by atoms with Crippen molar-refractivity contribution in [1.29, 1.82) is 0 Å². The minimum atomic E-state index is -0.890. The SMILES string of the molecule is CCN(CC)C(=O)c1ccnc(C(=O)Nc2ccc(F)cc2F)c1. The summed E-state index contributed by atoms with van der Waals surface area (Å²) in [7, 11) is 0. The van der Waals surface area contributed by atoms with Crippen LogP contribution in [0.25, 0.3) is 0 Å². The summed E-state index contributed by atoms with van der Waals surface area (Å²) in [5.74, 6) is -2.53. The third kappa shape index (κ3) is 3.92. The average Bonchev–Trinajstić information content (AvgIpc) is 2.58. The second-order valence-corrected chi connectivity index (χ2v) is 4.99. The summed E-state index contributed by atoms with van der Waals surface area (Å²) in [5.41, 5.74) is 0.124. The monoisotopic (exact) mass is 333 g/mol. The molecule has 126 valence electrons. The maximum Gasteiger partial charge on any atom is 0.274 e. The van der Waals surface area contributed by atoms with Gasteiger partial charge in [-0.3, -0.25) is 14.6 Å². The van der Waals surface area contributed by atoms with Crippen molar-refractivity contribution in [2.45, 2.75) is 13.8 Å². The molecule has 0 saturated heterocycles. The van der Waals surface area contributed by atoms with Crippen LogP contribution in [0.15, 0.2) is 36.5 Å². The molecule has 0 atom stereocenters. The number of pyridine rings is 1. The van der Waals surface area contributed by atoms with Crippen LogP contribution in [-0.2, 0) is 0 Å². The van der Waals surface area contributed by atoms with Gasteiger partial charge in [-0.15, -0.1) is 0 Å². The van der Waals surface area contributed by atoms with E-state index in [1.165, 1.54) is 18.3 Å². The van der Waals surface area contributed by atoms with Crippen LogP contribution in [0.3, 0.4) is 0 Å². The molecule has 1 aromatic carbocycles. The highest BCUT2D eigenvalue weighted by Crippen LogP contribution is 2.16. The van der Waals surface area contributed by atoms with Gasteiger partial charge in [-0.1, -0.05) is 0 Å². The van der Waals surface area contributed by atoms with E-state index in [0.29, 0.717) is 24.7 Å². The summed E-state index contributed by atoms with van der Waals surface area (Å²) in [5, 5.41) is 2.31. The summed E-state index contributed by atoms with van der Waals surface area (Å²) in [6.07, 6.45) is 1.34. The molecule has 1 heterocycles. The van der Waals surface area contributed by atoms with Crippen molar-refractivity contribution in [2.75, 3.05) is 18.4 Å². The molecule has 2 aromatic rings. The van der Waals surface area contributed by atoms with E-state index in [2.05, 4.69) is 10.3 Å². The predicted molar refractivity (Wildman–Crippen MR) is 85.8 cm³/mol. The third-order valence-electron chi connectivity index (χ3n) is 3.47. The highest BCUT2D eigenvalue weighted by molar-refractivity contribution is 6.04. The Morgan fingerprint density at radius 1 is 1.12 bits per heavy atom. The Kier molecular flexibility index (Phi) is 5.57. The minimum Gasteiger partial charge on any atom is -0.339 e. The summed E-state index contributed by atoms with van der Waals surface area (Å²) in [6.45, 7) is 4.79. The van der Waals surface area contributed by atoms with Crippen molar-refractivity contribution in [3.63, 3.8) is 0 Å². The summed E-state index contributed by atoms with van der Waals surface area (Å²) < 4.78 is 26.5. The van der Waals surface area contributed by atoms with Gasteiger partial charge in [0.25, 0.3) is 11.8 Å².